The zero-order valence-electron chi connectivity index (χ0n) is 20.2. The van der Waals surface area contributed by atoms with Gasteiger partial charge in [-0.05, 0) is 53.6 Å². The van der Waals surface area contributed by atoms with Crippen molar-refractivity contribution in [3.63, 3.8) is 0 Å². The van der Waals surface area contributed by atoms with Crippen molar-refractivity contribution in [3.05, 3.63) is 71.8 Å². The van der Waals surface area contributed by atoms with Crippen LogP contribution in [0.15, 0.2) is 65.7 Å². The molecule has 1 fully saturated rings. The molecule has 1 aliphatic rings. The van der Waals surface area contributed by atoms with Gasteiger partial charge in [0.15, 0.2) is 0 Å². The number of amides is 2. The normalized spacial score (nSPS) is 14.5. The molecular weight excluding hydrogens is 456 g/mol. The van der Waals surface area contributed by atoms with Crippen LogP contribution in [-0.2, 0) is 16.1 Å². The maximum Gasteiger partial charge on any atom is 0.309 e. The van der Waals surface area contributed by atoms with E-state index in [1.54, 1.807) is 0 Å². The second-order valence-corrected chi connectivity index (χ2v) is 8.79. The number of ether oxygens (including phenoxy) is 1. The molecule has 3 aromatic carbocycles. The van der Waals surface area contributed by atoms with Gasteiger partial charge in [0, 0.05) is 38.0 Å². The third-order valence-corrected chi connectivity index (χ3v) is 6.20. The van der Waals surface area contributed by atoms with Crippen LogP contribution in [0.3, 0.4) is 0 Å². The number of nitrogens with zero attached hydrogens (tertiary/aromatic N) is 2. The Kier molecular flexibility index (Phi) is 7.48. The van der Waals surface area contributed by atoms with Crippen molar-refractivity contribution >= 4 is 39.9 Å². The van der Waals surface area contributed by atoms with Crippen LogP contribution in [0.25, 0.3) is 10.8 Å². The van der Waals surface area contributed by atoms with Crippen LogP contribution in [0.1, 0.15) is 30.9 Å². The second-order valence-electron chi connectivity index (χ2n) is 8.79. The summed E-state index contributed by atoms with van der Waals surface area (Å²) in [4.78, 5) is 29.1. The monoisotopic (exact) mass is 486 g/mol. The number of aliphatic imine (C=N–C) groups is 1. The SMILES string of the molecule is CC(=N)N1CCC(Oc2ccc(N=C(N)c3cccc4ccc(CNC(=O)C(N)=O)cc34)cc2)CC1. The van der Waals surface area contributed by atoms with Crippen LogP contribution in [0.5, 0.6) is 5.75 Å². The van der Waals surface area contributed by atoms with Gasteiger partial charge in [0.1, 0.15) is 17.7 Å². The van der Waals surface area contributed by atoms with Crippen LogP contribution >= 0.6 is 0 Å². The Hall–Kier alpha value is -4.40. The van der Waals surface area contributed by atoms with Gasteiger partial charge in [-0.3, -0.25) is 15.0 Å². The fourth-order valence-electron chi connectivity index (χ4n) is 4.22. The average molecular weight is 487 g/mol. The zero-order valence-corrected chi connectivity index (χ0v) is 20.2. The summed E-state index contributed by atoms with van der Waals surface area (Å²) in [6.07, 6.45) is 1.91. The van der Waals surface area contributed by atoms with E-state index in [2.05, 4.69) is 15.2 Å². The topological polar surface area (TPSA) is 147 Å². The molecule has 4 rings (SSSR count). The van der Waals surface area contributed by atoms with Crippen LogP contribution < -0.4 is 21.5 Å². The van der Waals surface area contributed by atoms with E-state index in [0.29, 0.717) is 17.4 Å². The van der Waals surface area contributed by atoms with Crippen molar-refractivity contribution < 1.29 is 14.3 Å². The largest absolute Gasteiger partial charge is 0.490 e. The molecule has 1 aliphatic heterocycles. The molecule has 186 valence electrons. The minimum Gasteiger partial charge on any atom is -0.490 e. The molecule has 0 atom stereocenters. The van der Waals surface area contributed by atoms with E-state index in [1.165, 1.54) is 0 Å². The number of fused-ring (bicyclic) bond motifs is 1. The summed E-state index contributed by atoms with van der Waals surface area (Å²) in [7, 11) is 0. The molecular formula is C27H30N6O3. The molecule has 36 heavy (non-hydrogen) atoms. The number of hydrogen-bond acceptors (Lipinski definition) is 5. The third kappa shape index (κ3) is 5.99. The molecule has 0 aromatic heterocycles. The Morgan fingerprint density at radius 1 is 1.08 bits per heavy atom. The van der Waals surface area contributed by atoms with Gasteiger partial charge < -0.3 is 26.4 Å². The zero-order chi connectivity index (χ0) is 25.7. The fourth-order valence-corrected chi connectivity index (χ4v) is 4.22. The maximum absolute atomic E-state index is 11.5. The molecule has 3 aromatic rings. The number of carbonyl (C=O) groups excluding carboxylic acids is 2. The summed E-state index contributed by atoms with van der Waals surface area (Å²) in [6.45, 7) is 3.66. The van der Waals surface area contributed by atoms with E-state index in [4.69, 9.17) is 21.6 Å². The molecule has 9 heteroatoms. The Morgan fingerprint density at radius 3 is 2.47 bits per heavy atom. The second kappa shape index (κ2) is 10.9. The highest BCUT2D eigenvalue weighted by Gasteiger charge is 2.20. The van der Waals surface area contributed by atoms with Gasteiger partial charge in [0.2, 0.25) is 0 Å². The Labute approximate surface area is 209 Å². The minimum absolute atomic E-state index is 0.137. The molecule has 9 nitrogen and oxygen atoms in total. The third-order valence-electron chi connectivity index (χ3n) is 6.20. The molecule has 0 aliphatic carbocycles. The summed E-state index contributed by atoms with van der Waals surface area (Å²) in [6, 6.07) is 19.0. The summed E-state index contributed by atoms with van der Waals surface area (Å²) in [5.41, 5.74) is 13.7. The number of benzene rings is 3. The first kappa shape index (κ1) is 24.7. The highest BCUT2D eigenvalue weighted by atomic mass is 16.5. The predicted octanol–water partition coefficient (Wildman–Crippen LogP) is 2.82. The van der Waals surface area contributed by atoms with E-state index in [9.17, 15) is 9.59 Å². The van der Waals surface area contributed by atoms with Crippen molar-refractivity contribution in [2.24, 2.45) is 16.5 Å². The summed E-state index contributed by atoms with van der Waals surface area (Å²) < 4.78 is 6.12. The van der Waals surface area contributed by atoms with Gasteiger partial charge in [-0.25, -0.2) is 4.99 Å². The lowest BCUT2D eigenvalue weighted by atomic mass is 10.0. The van der Waals surface area contributed by atoms with Gasteiger partial charge in [-0.2, -0.15) is 0 Å². The summed E-state index contributed by atoms with van der Waals surface area (Å²) in [5.74, 6) is -0.103. The predicted molar refractivity (Wildman–Crippen MR) is 140 cm³/mol. The van der Waals surface area contributed by atoms with Crippen LogP contribution in [-0.4, -0.2) is 47.6 Å². The smallest absolute Gasteiger partial charge is 0.309 e. The Balaban J connectivity index is 1.46. The minimum atomic E-state index is -1.02. The van der Waals surface area contributed by atoms with Crippen LogP contribution in [0.2, 0.25) is 0 Å². The lowest BCUT2D eigenvalue weighted by Gasteiger charge is -2.32. The number of likely N-dealkylation sites (tertiary alicyclic amines) is 1. The van der Waals surface area contributed by atoms with Gasteiger partial charge in [-0.15, -0.1) is 0 Å². The first-order chi connectivity index (χ1) is 17.3. The molecule has 0 unspecified atom stereocenters. The van der Waals surface area contributed by atoms with Crippen molar-refractivity contribution in [3.8, 4) is 5.75 Å². The van der Waals surface area contributed by atoms with Crippen molar-refractivity contribution in [1.29, 1.82) is 5.41 Å². The standard InChI is InChI=1S/C27H30N6O3/c1-17(28)33-13-11-22(12-14-33)36-21-9-7-20(8-10-21)32-25(29)23-4-2-3-19-6-5-18(15-24(19)23)16-31-27(35)26(30)34/h2-10,15,22,28H,11-14,16H2,1H3,(H2,29,32)(H2,30,34)(H,31,35). The summed E-state index contributed by atoms with van der Waals surface area (Å²) in [5, 5.41) is 12.1. The molecule has 1 heterocycles. The fraction of sp³-hybridized carbons (Fsp3) is 0.259. The molecule has 0 radical (unpaired) electrons. The number of amidine groups is 2. The number of nitrogens with two attached hydrogens (primary N) is 2. The van der Waals surface area contributed by atoms with Gasteiger partial charge >= 0.3 is 11.8 Å². The molecule has 0 bridgehead atoms. The van der Waals surface area contributed by atoms with Gasteiger partial charge in [0.05, 0.1) is 11.5 Å². The van der Waals surface area contributed by atoms with Crippen molar-refractivity contribution in [2.75, 3.05) is 13.1 Å². The average Bonchev–Trinajstić information content (AvgIpc) is 2.88. The lowest BCUT2D eigenvalue weighted by Crippen LogP contribution is -2.40. The molecule has 6 N–H and O–H groups in total. The number of nitrogens with one attached hydrogen (secondary N) is 2. The highest BCUT2D eigenvalue weighted by molar-refractivity contribution is 6.34. The molecule has 0 spiro atoms. The van der Waals surface area contributed by atoms with E-state index in [-0.39, 0.29) is 12.6 Å². The number of piperidine rings is 1. The van der Waals surface area contributed by atoms with E-state index in [1.807, 2.05) is 67.6 Å². The summed E-state index contributed by atoms with van der Waals surface area (Å²) >= 11 is 0. The number of carbonyl (C=O) groups is 2. The van der Waals surface area contributed by atoms with Crippen molar-refractivity contribution in [2.45, 2.75) is 32.4 Å². The number of hydrogen-bond donors (Lipinski definition) is 4. The van der Waals surface area contributed by atoms with E-state index in [0.717, 1.165) is 53.6 Å². The first-order valence-electron chi connectivity index (χ1n) is 11.8. The Bertz CT molecular complexity index is 1310. The van der Waals surface area contributed by atoms with Crippen LogP contribution in [0.4, 0.5) is 5.69 Å². The van der Waals surface area contributed by atoms with Crippen molar-refractivity contribution in [1.82, 2.24) is 10.2 Å². The van der Waals surface area contributed by atoms with Crippen LogP contribution in [0, 0.1) is 5.41 Å². The quantitative estimate of drug-likeness (QED) is 0.240. The molecule has 0 saturated carbocycles. The maximum atomic E-state index is 11.5. The van der Waals surface area contributed by atoms with Gasteiger partial charge in [-0.1, -0.05) is 30.3 Å². The molecule has 2 amide bonds. The van der Waals surface area contributed by atoms with E-state index >= 15 is 0 Å². The van der Waals surface area contributed by atoms with E-state index < -0.39 is 11.8 Å². The first-order valence-corrected chi connectivity index (χ1v) is 11.8. The molecule has 1 saturated heterocycles. The number of rotatable bonds is 6. The van der Waals surface area contributed by atoms with Gasteiger partial charge in [0.25, 0.3) is 0 Å². The number of primary amides is 1. The Morgan fingerprint density at radius 2 is 1.81 bits per heavy atom. The highest BCUT2D eigenvalue weighted by Crippen LogP contribution is 2.25. The lowest BCUT2D eigenvalue weighted by molar-refractivity contribution is -0.137.